The maximum absolute atomic E-state index is 12.4. The van der Waals surface area contributed by atoms with Gasteiger partial charge in [0.15, 0.2) is 0 Å². The minimum atomic E-state index is -0.977. The molecule has 0 aliphatic carbocycles. The van der Waals surface area contributed by atoms with Crippen LogP contribution >= 0.6 is 0 Å². The number of aromatic nitrogens is 1. The van der Waals surface area contributed by atoms with Crippen molar-refractivity contribution in [2.75, 3.05) is 14.1 Å². The molecule has 23 heavy (non-hydrogen) atoms. The molecule has 2 rings (SSSR count). The standard InChI is InChI=1S/C16H17N3O4/c1-11-9-10-13(15(17-11)19(21)22)23-14(16(20)18(2)3)12-7-5-4-6-8-12/h4-10,14H,1-3H3/t14-/m0/s1. The Kier molecular flexibility index (Phi) is 4.90. The van der Waals surface area contributed by atoms with Gasteiger partial charge in [-0.15, -0.1) is 0 Å². The minimum absolute atomic E-state index is 0.0374. The lowest BCUT2D eigenvalue weighted by atomic mass is 10.1. The fraction of sp³-hybridized carbons (Fsp3) is 0.250. The first-order valence-corrected chi connectivity index (χ1v) is 6.95. The number of amides is 1. The first-order chi connectivity index (χ1) is 10.9. The van der Waals surface area contributed by atoms with E-state index in [4.69, 9.17) is 4.74 Å². The van der Waals surface area contributed by atoms with E-state index in [0.717, 1.165) is 0 Å². The Balaban J connectivity index is 2.43. The van der Waals surface area contributed by atoms with Crippen molar-refractivity contribution in [1.82, 2.24) is 9.88 Å². The lowest BCUT2D eigenvalue weighted by molar-refractivity contribution is -0.390. The van der Waals surface area contributed by atoms with Crippen LogP contribution in [0.15, 0.2) is 42.5 Å². The largest absolute Gasteiger partial charge is 0.467 e. The van der Waals surface area contributed by atoms with E-state index in [0.29, 0.717) is 11.3 Å². The normalized spacial score (nSPS) is 11.6. The molecule has 0 N–H and O–H groups in total. The fourth-order valence-electron chi connectivity index (χ4n) is 2.00. The van der Waals surface area contributed by atoms with E-state index in [1.807, 2.05) is 6.07 Å². The highest BCUT2D eigenvalue weighted by atomic mass is 16.6. The van der Waals surface area contributed by atoms with Crippen LogP contribution in [0.4, 0.5) is 5.82 Å². The van der Waals surface area contributed by atoms with Crippen molar-refractivity contribution in [2.24, 2.45) is 0 Å². The summed E-state index contributed by atoms with van der Waals surface area (Å²) in [6.45, 7) is 1.65. The van der Waals surface area contributed by atoms with Crippen LogP contribution in [-0.4, -0.2) is 34.8 Å². The van der Waals surface area contributed by atoms with E-state index in [1.54, 1.807) is 51.4 Å². The van der Waals surface area contributed by atoms with Crippen molar-refractivity contribution in [2.45, 2.75) is 13.0 Å². The second-order valence-electron chi connectivity index (χ2n) is 5.17. The number of benzene rings is 1. The predicted molar refractivity (Wildman–Crippen MR) is 84.1 cm³/mol. The van der Waals surface area contributed by atoms with Gasteiger partial charge in [-0.3, -0.25) is 4.79 Å². The average Bonchev–Trinajstić information content (AvgIpc) is 2.53. The molecule has 1 aromatic carbocycles. The zero-order valence-corrected chi connectivity index (χ0v) is 13.1. The molecule has 0 spiro atoms. The number of likely N-dealkylation sites (N-methyl/N-ethyl adjacent to an activating group) is 1. The molecule has 0 radical (unpaired) electrons. The number of rotatable bonds is 5. The van der Waals surface area contributed by atoms with Gasteiger partial charge >= 0.3 is 5.82 Å². The molecular weight excluding hydrogens is 298 g/mol. The van der Waals surface area contributed by atoms with Gasteiger partial charge in [0, 0.05) is 26.6 Å². The first kappa shape index (κ1) is 16.4. The number of pyridine rings is 1. The summed E-state index contributed by atoms with van der Waals surface area (Å²) in [5.41, 5.74) is 1.11. The molecule has 0 bridgehead atoms. The number of carbonyl (C=O) groups is 1. The second-order valence-corrected chi connectivity index (χ2v) is 5.17. The summed E-state index contributed by atoms with van der Waals surface area (Å²) >= 11 is 0. The molecule has 0 aliphatic rings. The van der Waals surface area contributed by atoms with Crippen molar-refractivity contribution < 1.29 is 14.5 Å². The number of aryl methyl sites for hydroxylation is 1. The maximum atomic E-state index is 12.4. The third kappa shape index (κ3) is 3.82. The van der Waals surface area contributed by atoms with Gasteiger partial charge in [0.05, 0.1) is 0 Å². The minimum Gasteiger partial charge on any atom is -0.467 e. The van der Waals surface area contributed by atoms with Gasteiger partial charge in [-0.2, -0.15) is 0 Å². The van der Waals surface area contributed by atoms with Crippen molar-refractivity contribution in [3.05, 3.63) is 63.8 Å². The van der Waals surface area contributed by atoms with Crippen LogP contribution < -0.4 is 4.74 Å². The topological polar surface area (TPSA) is 85.6 Å². The van der Waals surface area contributed by atoms with Crippen molar-refractivity contribution in [1.29, 1.82) is 0 Å². The van der Waals surface area contributed by atoms with Gasteiger partial charge in [-0.1, -0.05) is 30.3 Å². The Hall–Kier alpha value is -2.96. The third-order valence-electron chi connectivity index (χ3n) is 3.16. The molecule has 1 heterocycles. The van der Waals surface area contributed by atoms with Gasteiger partial charge in [0.2, 0.25) is 11.9 Å². The number of nitro groups is 1. The lowest BCUT2D eigenvalue weighted by Gasteiger charge is -2.21. The molecule has 7 nitrogen and oxygen atoms in total. The van der Waals surface area contributed by atoms with E-state index in [2.05, 4.69) is 4.98 Å². The van der Waals surface area contributed by atoms with Crippen LogP contribution in [0.2, 0.25) is 0 Å². The van der Waals surface area contributed by atoms with Gasteiger partial charge in [-0.05, 0) is 22.0 Å². The average molecular weight is 315 g/mol. The SMILES string of the molecule is Cc1ccc(O[C@H](C(=O)N(C)C)c2ccccc2)c([N+](=O)[O-])n1. The molecule has 1 amide bonds. The van der Waals surface area contributed by atoms with Crippen LogP contribution in [0.3, 0.4) is 0 Å². The molecule has 1 aromatic heterocycles. The Morgan fingerprint density at radius 2 is 1.87 bits per heavy atom. The third-order valence-corrected chi connectivity index (χ3v) is 3.16. The number of ether oxygens (including phenoxy) is 1. The maximum Gasteiger partial charge on any atom is 0.406 e. The summed E-state index contributed by atoms with van der Waals surface area (Å²) < 4.78 is 5.68. The molecule has 1 atom stereocenters. The lowest BCUT2D eigenvalue weighted by Crippen LogP contribution is -2.31. The number of carbonyl (C=O) groups excluding carboxylic acids is 1. The van der Waals surface area contributed by atoms with Gasteiger partial charge in [-0.25, -0.2) is 0 Å². The zero-order chi connectivity index (χ0) is 17.0. The fourth-order valence-corrected chi connectivity index (χ4v) is 2.00. The van der Waals surface area contributed by atoms with E-state index in [-0.39, 0.29) is 11.7 Å². The molecule has 0 fully saturated rings. The zero-order valence-electron chi connectivity index (χ0n) is 13.1. The summed E-state index contributed by atoms with van der Waals surface area (Å²) in [5.74, 6) is -0.756. The molecular formula is C16H17N3O4. The van der Waals surface area contributed by atoms with Crippen molar-refractivity contribution in [3.8, 4) is 5.75 Å². The van der Waals surface area contributed by atoms with E-state index >= 15 is 0 Å². The monoisotopic (exact) mass is 315 g/mol. The Labute approximate surface area is 133 Å². The van der Waals surface area contributed by atoms with Crippen LogP contribution in [0.25, 0.3) is 0 Å². The summed E-state index contributed by atoms with van der Waals surface area (Å²) in [5, 5.41) is 11.2. The molecule has 2 aromatic rings. The van der Waals surface area contributed by atoms with E-state index < -0.39 is 16.8 Å². The predicted octanol–water partition coefficient (Wildman–Crippen LogP) is 2.51. The summed E-state index contributed by atoms with van der Waals surface area (Å²) in [6.07, 6.45) is -0.977. The summed E-state index contributed by atoms with van der Waals surface area (Å²) in [4.78, 5) is 28.2. The van der Waals surface area contributed by atoms with Crippen molar-refractivity contribution in [3.63, 3.8) is 0 Å². The van der Waals surface area contributed by atoms with Gasteiger partial charge < -0.3 is 19.8 Å². The first-order valence-electron chi connectivity index (χ1n) is 6.95. The number of nitrogens with zero attached hydrogens (tertiary/aromatic N) is 3. The second kappa shape index (κ2) is 6.87. The smallest absolute Gasteiger partial charge is 0.406 e. The van der Waals surface area contributed by atoms with E-state index in [1.165, 1.54) is 11.0 Å². The van der Waals surface area contributed by atoms with Crippen LogP contribution in [-0.2, 0) is 4.79 Å². The Morgan fingerprint density at radius 3 is 2.43 bits per heavy atom. The summed E-state index contributed by atoms with van der Waals surface area (Å²) in [7, 11) is 3.20. The van der Waals surface area contributed by atoms with Gasteiger partial charge in [0.1, 0.15) is 5.69 Å². The van der Waals surface area contributed by atoms with E-state index in [9.17, 15) is 14.9 Å². The molecule has 0 saturated heterocycles. The Morgan fingerprint density at radius 1 is 1.22 bits per heavy atom. The highest BCUT2D eigenvalue weighted by Crippen LogP contribution is 2.30. The highest BCUT2D eigenvalue weighted by Gasteiger charge is 2.28. The van der Waals surface area contributed by atoms with Crippen molar-refractivity contribution >= 4 is 11.7 Å². The number of hydrogen-bond donors (Lipinski definition) is 0. The molecule has 0 saturated carbocycles. The van der Waals surface area contributed by atoms with Crippen LogP contribution in [0.5, 0.6) is 5.75 Å². The van der Waals surface area contributed by atoms with Crippen LogP contribution in [0, 0.1) is 17.0 Å². The van der Waals surface area contributed by atoms with Crippen LogP contribution in [0.1, 0.15) is 17.4 Å². The van der Waals surface area contributed by atoms with Gasteiger partial charge in [0.25, 0.3) is 5.91 Å². The number of hydrogen-bond acceptors (Lipinski definition) is 5. The molecule has 0 aliphatic heterocycles. The highest BCUT2D eigenvalue weighted by molar-refractivity contribution is 5.82. The molecule has 120 valence electrons. The molecule has 7 heteroatoms. The summed E-state index contributed by atoms with van der Waals surface area (Å²) in [6, 6.07) is 11.9. The quantitative estimate of drug-likeness (QED) is 0.625. The molecule has 0 unspecified atom stereocenters. The Bertz CT molecular complexity index is 717.